The van der Waals surface area contributed by atoms with Gasteiger partial charge in [0.05, 0.1) is 0 Å². The van der Waals surface area contributed by atoms with Crippen molar-refractivity contribution >= 4 is 0 Å². The minimum absolute atomic E-state index is 0.509. The molecule has 2 nitrogen and oxygen atoms in total. The smallest absolute Gasteiger partial charge is 0.0317 e. The summed E-state index contributed by atoms with van der Waals surface area (Å²) in [6.07, 6.45) is 6.61. The van der Waals surface area contributed by atoms with E-state index >= 15 is 0 Å². The molecule has 1 aliphatic rings. The van der Waals surface area contributed by atoms with E-state index in [-0.39, 0.29) is 0 Å². The van der Waals surface area contributed by atoms with Gasteiger partial charge < -0.3 is 10.2 Å². The molecule has 0 aromatic heterocycles. The van der Waals surface area contributed by atoms with Crippen LogP contribution in [-0.2, 0) is 0 Å². The summed E-state index contributed by atoms with van der Waals surface area (Å²) in [5.74, 6) is 0. The van der Waals surface area contributed by atoms with E-state index in [4.69, 9.17) is 0 Å². The first-order valence-electron chi connectivity index (χ1n) is 8.33. The van der Waals surface area contributed by atoms with E-state index in [1.165, 1.54) is 44.3 Å². The SMILES string of the molecule is CCC(NCCCN1CCCCC1C)c1ccccc1. The molecule has 1 aromatic carbocycles. The van der Waals surface area contributed by atoms with Gasteiger partial charge in [0.1, 0.15) is 0 Å². The van der Waals surface area contributed by atoms with Crippen LogP contribution in [0.1, 0.15) is 57.6 Å². The molecule has 0 saturated carbocycles. The molecule has 0 bridgehead atoms. The molecule has 2 heteroatoms. The molecule has 1 N–H and O–H groups in total. The maximum atomic E-state index is 3.71. The lowest BCUT2D eigenvalue weighted by molar-refractivity contribution is 0.158. The van der Waals surface area contributed by atoms with E-state index in [9.17, 15) is 0 Å². The van der Waals surface area contributed by atoms with Crippen LogP contribution in [0, 0.1) is 0 Å². The normalized spacial score (nSPS) is 21.8. The number of piperidine rings is 1. The van der Waals surface area contributed by atoms with Crippen molar-refractivity contribution in [3.63, 3.8) is 0 Å². The van der Waals surface area contributed by atoms with E-state index in [1.54, 1.807) is 0 Å². The summed E-state index contributed by atoms with van der Waals surface area (Å²) in [4.78, 5) is 2.66. The van der Waals surface area contributed by atoms with Crippen LogP contribution >= 0.6 is 0 Å². The van der Waals surface area contributed by atoms with Crippen molar-refractivity contribution in [3.8, 4) is 0 Å². The lowest BCUT2D eigenvalue weighted by Gasteiger charge is -2.33. The van der Waals surface area contributed by atoms with E-state index in [2.05, 4.69) is 54.4 Å². The molecule has 2 rings (SSSR count). The largest absolute Gasteiger partial charge is 0.310 e. The van der Waals surface area contributed by atoms with Gasteiger partial charge in [-0.2, -0.15) is 0 Å². The van der Waals surface area contributed by atoms with Gasteiger partial charge in [0.15, 0.2) is 0 Å². The highest BCUT2D eigenvalue weighted by Crippen LogP contribution is 2.17. The topological polar surface area (TPSA) is 15.3 Å². The maximum absolute atomic E-state index is 3.71. The zero-order chi connectivity index (χ0) is 14.2. The van der Waals surface area contributed by atoms with Crippen LogP contribution in [0.3, 0.4) is 0 Å². The fourth-order valence-corrected chi connectivity index (χ4v) is 3.23. The number of benzene rings is 1. The van der Waals surface area contributed by atoms with Gasteiger partial charge in [-0.25, -0.2) is 0 Å². The fraction of sp³-hybridized carbons (Fsp3) is 0.667. The molecule has 0 spiro atoms. The Morgan fingerprint density at radius 3 is 2.75 bits per heavy atom. The molecule has 20 heavy (non-hydrogen) atoms. The van der Waals surface area contributed by atoms with Gasteiger partial charge in [-0.15, -0.1) is 0 Å². The Labute approximate surface area is 124 Å². The number of likely N-dealkylation sites (tertiary alicyclic amines) is 1. The summed E-state index contributed by atoms with van der Waals surface area (Å²) in [5.41, 5.74) is 1.42. The molecular formula is C18H30N2. The zero-order valence-corrected chi connectivity index (χ0v) is 13.1. The van der Waals surface area contributed by atoms with Crippen molar-refractivity contribution in [1.82, 2.24) is 10.2 Å². The fourth-order valence-electron chi connectivity index (χ4n) is 3.23. The third kappa shape index (κ3) is 4.60. The van der Waals surface area contributed by atoms with E-state index in [1.807, 2.05) is 0 Å². The van der Waals surface area contributed by atoms with Crippen LogP contribution in [-0.4, -0.2) is 30.6 Å². The third-order valence-corrected chi connectivity index (χ3v) is 4.56. The minimum Gasteiger partial charge on any atom is -0.310 e. The minimum atomic E-state index is 0.509. The standard InChI is InChI=1S/C18H30N2/c1-3-18(17-11-5-4-6-12-17)19-13-9-15-20-14-8-7-10-16(20)2/h4-6,11-12,16,18-19H,3,7-10,13-15H2,1-2H3. The molecular weight excluding hydrogens is 244 g/mol. The molecule has 1 saturated heterocycles. The Hall–Kier alpha value is -0.860. The third-order valence-electron chi connectivity index (χ3n) is 4.56. The monoisotopic (exact) mass is 274 g/mol. The van der Waals surface area contributed by atoms with Crippen LogP contribution < -0.4 is 5.32 Å². The second kappa shape index (κ2) is 8.43. The highest BCUT2D eigenvalue weighted by molar-refractivity contribution is 5.18. The van der Waals surface area contributed by atoms with Crippen molar-refractivity contribution in [1.29, 1.82) is 0 Å². The Morgan fingerprint density at radius 2 is 2.05 bits per heavy atom. The summed E-state index contributed by atoms with van der Waals surface area (Å²) in [7, 11) is 0. The number of rotatable bonds is 7. The average molecular weight is 274 g/mol. The van der Waals surface area contributed by atoms with Crippen molar-refractivity contribution in [2.24, 2.45) is 0 Å². The molecule has 2 atom stereocenters. The second-order valence-electron chi connectivity index (χ2n) is 6.06. The van der Waals surface area contributed by atoms with Gasteiger partial charge in [0, 0.05) is 12.1 Å². The van der Waals surface area contributed by atoms with Crippen molar-refractivity contribution in [2.75, 3.05) is 19.6 Å². The Balaban J connectivity index is 1.69. The molecule has 1 aromatic rings. The zero-order valence-electron chi connectivity index (χ0n) is 13.1. The Kier molecular flexibility index (Phi) is 6.55. The summed E-state index contributed by atoms with van der Waals surface area (Å²) in [5, 5.41) is 3.71. The lowest BCUT2D eigenvalue weighted by Crippen LogP contribution is -2.39. The van der Waals surface area contributed by atoms with Crippen molar-refractivity contribution < 1.29 is 0 Å². The van der Waals surface area contributed by atoms with Gasteiger partial charge in [-0.1, -0.05) is 43.7 Å². The van der Waals surface area contributed by atoms with Gasteiger partial charge >= 0.3 is 0 Å². The predicted molar refractivity (Wildman–Crippen MR) is 87.0 cm³/mol. The second-order valence-corrected chi connectivity index (χ2v) is 6.06. The summed E-state index contributed by atoms with van der Waals surface area (Å²) in [6, 6.07) is 12.1. The van der Waals surface area contributed by atoms with E-state index in [0.717, 1.165) is 19.0 Å². The first-order valence-corrected chi connectivity index (χ1v) is 8.33. The highest BCUT2D eigenvalue weighted by atomic mass is 15.2. The molecule has 1 fully saturated rings. The Morgan fingerprint density at radius 1 is 1.25 bits per heavy atom. The summed E-state index contributed by atoms with van der Waals surface area (Å²) >= 11 is 0. The highest BCUT2D eigenvalue weighted by Gasteiger charge is 2.17. The lowest BCUT2D eigenvalue weighted by atomic mass is 10.0. The first-order chi connectivity index (χ1) is 9.81. The molecule has 1 aliphatic heterocycles. The Bertz CT molecular complexity index is 363. The number of nitrogens with one attached hydrogen (secondary N) is 1. The van der Waals surface area contributed by atoms with Crippen molar-refractivity contribution in [3.05, 3.63) is 35.9 Å². The molecule has 1 heterocycles. The molecule has 112 valence electrons. The number of hydrogen-bond donors (Lipinski definition) is 1. The average Bonchev–Trinajstić information content (AvgIpc) is 2.50. The molecule has 0 aliphatic carbocycles. The predicted octanol–water partition coefficient (Wildman–Crippen LogP) is 3.99. The molecule has 0 radical (unpaired) electrons. The molecule has 2 unspecified atom stereocenters. The van der Waals surface area contributed by atoms with E-state index < -0.39 is 0 Å². The van der Waals surface area contributed by atoms with Gasteiger partial charge in [0.25, 0.3) is 0 Å². The number of nitrogens with zero attached hydrogens (tertiary/aromatic N) is 1. The number of hydrogen-bond acceptors (Lipinski definition) is 2. The van der Waals surface area contributed by atoms with Crippen molar-refractivity contribution in [2.45, 2.75) is 58.0 Å². The van der Waals surface area contributed by atoms with E-state index in [0.29, 0.717) is 6.04 Å². The summed E-state index contributed by atoms with van der Waals surface area (Å²) < 4.78 is 0. The van der Waals surface area contributed by atoms with Gasteiger partial charge in [0.2, 0.25) is 0 Å². The van der Waals surface area contributed by atoms with Crippen LogP contribution in [0.15, 0.2) is 30.3 Å². The van der Waals surface area contributed by atoms with Gasteiger partial charge in [-0.3, -0.25) is 0 Å². The van der Waals surface area contributed by atoms with Gasteiger partial charge in [-0.05, 0) is 57.8 Å². The van der Waals surface area contributed by atoms with Crippen LogP contribution in [0.2, 0.25) is 0 Å². The van der Waals surface area contributed by atoms with Crippen LogP contribution in [0.4, 0.5) is 0 Å². The van der Waals surface area contributed by atoms with Crippen LogP contribution in [0.25, 0.3) is 0 Å². The first kappa shape index (κ1) is 15.5. The molecule has 0 amide bonds. The quantitative estimate of drug-likeness (QED) is 0.756. The summed E-state index contributed by atoms with van der Waals surface area (Å²) in [6.45, 7) is 8.32. The maximum Gasteiger partial charge on any atom is 0.0317 e. The van der Waals surface area contributed by atoms with Crippen LogP contribution in [0.5, 0.6) is 0 Å².